The van der Waals surface area contributed by atoms with Crippen molar-refractivity contribution < 1.29 is 19.0 Å². The van der Waals surface area contributed by atoms with Crippen LogP contribution in [0.25, 0.3) is 0 Å². The number of benzene rings is 1. The molecule has 2 N–H and O–H groups in total. The van der Waals surface area contributed by atoms with Gasteiger partial charge in [0.2, 0.25) is 0 Å². The molecule has 1 atom stereocenters. The Hall–Kier alpha value is -1.95. The maximum absolute atomic E-state index is 11.8. The first-order chi connectivity index (χ1) is 10.2. The number of rotatable bonds is 6. The largest absolute Gasteiger partial charge is 0.497 e. The van der Waals surface area contributed by atoms with Gasteiger partial charge < -0.3 is 24.8 Å². The lowest BCUT2D eigenvalue weighted by Crippen LogP contribution is -2.47. The second-order valence-electron chi connectivity index (χ2n) is 4.93. The average molecular weight is 294 g/mol. The van der Waals surface area contributed by atoms with E-state index in [0.717, 1.165) is 29.9 Å². The third kappa shape index (κ3) is 4.53. The van der Waals surface area contributed by atoms with Crippen LogP contribution < -0.4 is 20.1 Å². The van der Waals surface area contributed by atoms with E-state index in [1.54, 1.807) is 14.2 Å². The van der Waals surface area contributed by atoms with Crippen molar-refractivity contribution in [2.24, 2.45) is 0 Å². The maximum Gasteiger partial charge on any atom is 0.315 e. The van der Waals surface area contributed by atoms with E-state index in [4.69, 9.17) is 14.2 Å². The predicted molar refractivity (Wildman–Crippen MR) is 79.0 cm³/mol. The molecule has 1 aromatic carbocycles. The summed E-state index contributed by atoms with van der Waals surface area (Å²) in [5.74, 6) is 1.65. The van der Waals surface area contributed by atoms with Crippen LogP contribution in [-0.4, -0.2) is 46.1 Å². The fourth-order valence-electron chi connectivity index (χ4n) is 2.25. The van der Waals surface area contributed by atoms with Crippen molar-refractivity contribution in [3.63, 3.8) is 0 Å². The summed E-state index contributed by atoms with van der Waals surface area (Å²) in [5.41, 5.74) is 1.05. The van der Waals surface area contributed by atoms with Crippen LogP contribution in [0.4, 0.5) is 4.79 Å². The first-order valence-corrected chi connectivity index (χ1v) is 7.06. The molecule has 0 aromatic heterocycles. The number of amides is 2. The highest BCUT2D eigenvalue weighted by Gasteiger charge is 2.21. The SMILES string of the molecule is COCCCNC(=O)NC1COc2ccc(OC)cc2C1. The molecule has 0 fully saturated rings. The molecule has 0 radical (unpaired) electrons. The fourth-order valence-corrected chi connectivity index (χ4v) is 2.25. The summed E-state index contributed by atoms with van der Waals surface area (Å²) in [6.07, 6.45) is 1.53. The van der Waals surface area contributed by atoms with Crippen molar-refractivity contribution >= 4 is 6.03 Å². The van der Waals surface area contributed by atoms with Gasteiger partial charge in [-0.3, -0.25) is 0 Å². The maximum atomic E-state index is 11.8. The Morgan fingerprint density at radius 3 is 3.05 bits per heavy atom. The third-order valence-electron chi connectivity index (χ3n) is 3.32. The molecule has 6 nitrogen and oxygen atoms in total. The van der Waals surface area contributed by atoms with Gasteiger partial charge in [-0.25, -0.2) is 4.79 Å². The van der Waals surface area contributed by atoms with E-state index in [1.807, 2.05) is 18.2 Å². The molecule has 2 amide bonds. The molecule has 116 valence electrons. The van der Waals surface area contributed by atoms with Crippen molar-refractivity contribution in [1.29, 1.82) is 0 Å². The Morgan fingerprint density at radius 1 is 1.43 bits per heavy atom. The lowest BCUT2D eigenvalue weighted by molar-refractivity contribution is 0.191. The zero-order valence-electron chi connectivity index (χ0n) is 12.5. The van der Waals surface area contributed by atoms with E-state index in [0.29, 0.717) is 19.8 Å². The minimum Gasteiger partial charge on any atom is -0.497 e. The number of methoxy groups -OCH3 is 2. The van der Waals surface area contributed by atoms with Gasteiger partial charge in [-0.05, 0) is 36.6 Å². The van der Waals surface area contributed by atoms with Crippen LogP contribution in [0.3, 0.4) is 0 Å². The van der Waals surface area contributed by atoms with Crippen LogP contribution in [0.1, 0.15) is 12.0 Å². The van der Waals surface area contributed by atoms with Crippen LogP contribution >= 0.6 is 0 Å². The molecule has 1 aliphatic rings. The smallest absolute Gasteiger partial charge is 0.315 e. The molecule has 1 aromatic rings. The van der Waals surface area contributed by atoms with E-state index in [2.05, 4.69) is 10.6 Å². The lowest BCUT2D eigenvalue weighted by atomic mass is 10.0. The van der Waals surface area contributed by atoms with Crippen molar-refractivity contribution in [3.05, 3.63) is 23.8 Å². The zero-order valence-corrected chi connectivity index (χ0v) is 12.5. The quantitative estimate of drug-likeness (QED) is 0.777. The van der Waals surface area contributed by atoms with Gasteiger partial charge >= 0.3 is 6.03 Å². The number of carbonyl (C=O) groups excluding carboxylic acids is 1. The van der Waals surface area contributed by atoms with Gasteiger partial charge in [0.25, 0.3) is 0 Å². The molecule has 0 saturated heterocycles. The molecular weight excluding hydrogens is 272 g/mol. The molecule has 6 heteroatoms. The lowest BCUT2D eigenvalue weighted by Gasteiger charge is -2.26. The fraction of sp³-hybridized carbons (Fsp3) is 0.533. The highest BCUT2D eigenvalue weighted by molar-refractivity contribution is 5.74. The number of ether oxygens (including phenoxy) is 3. The van der Waals surface area contributed by atoms with Crippen molar-refractivity contribution in [2.45, 2.75) is 18.9 Å². The minimum atomic E-state index is -0.175. The number of fused-ring (bicyclic) bond motifs is 1. The molecule has 21 heavy (non-hydrogen) atoms. The number of urea groups is 1. The summed E-state index contributed by atoms with van der Waals surface area (Å²) in [7, 11) is 3.28. The van der Waals surface area contributed by atoms with Crippen LogP contribution in [0, 0.1) is 0 Å². The Balaban J connectivity index is 1.82. The van der Waals surface area contributed by atoms with E-state index in [-0.39, 0.29) is 12.1 Å². The van der Waals surface area contributed by atoms with Crippen LogP contribution in [-0.2, 0) is 11.2 Å². The van der Waals surface area contributed by atoms with Gasteiger partial charge in [-0.2, -0.15) is 0 Å². The van der Waals surface area contributed by atoms with Gasteiger partial charge in [0, 0.05) is 20.3 Å². The predicted octanol–water partition coefficient (Wildman–Crippen LogP) is 1.33. The summed E-state index contributed by atoms with van der Waals surface area (Å²) in [4.78, 5) is 11.8. The van der Waals surface area contributed by atoms with Crippen LogP contribution in [0.2, 0.25) is 0 Å². The Labute approximate surface area is 124 Å². The highest BCUT2D eigenvalue weighted by Crippen LogP contribution is 2.28. The molecular formula is C15H22N2O4. The second-order valence-corrected chi connectivity index (χ2v) is 4.93. The first-order valence-electron chi connectivity index (χ1n) is 7.06. The summed E-state index contributed by atoms with van der Waals surface area (Å²) in [6, 6.07) is 5.50. The monoisotopic (exact) mass is 294 g/mol. The summed E-state index contributed by atoms with van der Waals surface area (Å²) < 4.78 is 15.8. The molecule has 0 bridgehead atoms. The van der Waals surface area contributed by atoms with Crippen molar-refractivity contribution in [1.82, 2.24) is 10.6 Å². The molecule has 1 aliphatic heterocycles. The molecule has 1 heterocycles. The topological polar surface area (TPSA) is 68.8 Å². The first kappa shape index (κ1) is 15.4. The molecule has 1 unspecified atom stereocenters. The van der Waals surface area contributed by atoms with Crippen molar-refractivity contribution in [2.75, 3.05) is 34.0 Å². The second kappa shape index (κ2) is 7.73. The molecule has 2 rings (SSSR count). The summed E-state index contributed by atoms with van der Waals surface area (Å²) in [6.45, 7) is 1.71. The zero-order chi connectivity index (χ0) is 15.1. The highest BCUT2D eigenvalue weighted by atomic mass is 16.5. The van der Waals surface area contributed by atoms with Crippen molar-refractivity contribution in [3.8, 4) is 11.5 Å². The summed E-state index contributed by atoms with van der Waals surface area (Å²) in [5, 5.41) is 5.72. The minimum absolute atomic E-state index is 0.0352. The number of hydrogen-bond acceptors (Lipinski definition) is 4. The van der Waals surface area contributed by atoms with E-state index < -0.39 is 0 Å². The van der Waals surface area contributed by atoms with E-state index >= 15 is 0 Å². The van der Waals surface area contributed by atoms with Crippen LogP contribution in [0.15, 0.2) is 18.2 Å². The van der Waals surface area contributed by atoms with Gasteiger partial charge in [0.15, 0.2) is 0 Å². The normalized spacial score (nSPS) is 16.6. The number of nitrogens with one attached hydrogen (secondary N) is 2. The Morgan fingerprint density at radius 2 is 2.29 bits per heavy atom. The van der Waals surface area contributed by atoms with Gasteiger partial charge in [-0.1, -0.05) is 0 Å². The van der Waals surface area contributed by atoms with Gasteiger partial charge in [0.05, 0.1) is 13.2 Å². The average Bonchev–Trinajstić information content (AvgIpc) is 2.51. The number of hydrogen-bond donors (Lipinski definition) is 2. The van der Waals surface area contributed by atoms with Gasteiger partial charge in [-0.15, -0.1) is 0 Å². The van der Waals surface area contributed by atoms with Crippen LogP contribution in [0.5, 0.6) is 11.5 Å². The summed E-state index contributed by atoms with van der Waals surface area (Å²) >= 11 is 0. The third-order valence-corrected chi connectivity index (χ3v) is 3.32. The number of carbonyl (C=O) groups is 1. The molecule has 0 aliphatic carbocycles. The van der Waals surface area contributed by atoms with Gasteiger partial charge in [0.1, 0.15) is 18.1 Å². The standard InChI is InChI=1S/C15H22N2O4/c1-19-7-3-6-16-15(18)17-12-8-11-9-13(20-2)4-5-14(11)21-10-12/h4-5,9,12H,3,6-8,10H2,1-2H3,(H2,16,17,18). The molecule has 0 saturated carbocycles. The van der Waals surface area contributed by atoms with E-state index in [1.165, 1.54) is 0 Å². The van der Waals surface area contributed by atoms with E-state index in [9.17, 15) is 4.79 Å². The molecule has 0 spiro atoms. The Bertz CT molecular complexity index is 479. The Kier molecular flexibility index (Phi) is 5.68.